The molecule has 0 aliphatic heterocycles. The largest absolute Gasteiger partial charge is 0.382 e. The van der Waals surface area contributed by atoms with Crippen molar-refractivity contribution in [2.75, 3.05) is 5.32 Å². The standard InChI is InChI=1S/C19H17FN2O3S2/c1-11-4-5-12(9-14(11)20)22-19(25)18(24)21-10-13-6-7-16(27-13)17(23)15-3-2-8-26-15/h2-9,17,23H,10H2,1H3,(H,21,24)(H,22,25). The predicted molar refractivity (Wildman–Crippen MR) is 104 cm³/mol. The summed E-state index contributed by atoms with van der Waals surface area (Å²) in [6.45, 7) is 1.77. The number of carbonyl (C=O) groups is 2. The Balaban J connectivity index is 1.54. The molecule has 0 fully saturated rings. The number of aryl methyl sites for hydroxylation is 1. The van der Waals surface area contributed by atoms with Gasteiger partial charge in [0.1, 0.15) is 11.9 Å². The number of amides is 2. The lowest BCUT2D eigenvalue weighted by molar-refractivity contribution is -0.136. The van der Waals surface area contributed by atoms with Crippen molar-refractivity contribution < 1.29 is 19.1 Å². The zero-order valence-electron chi connectivity index (χ0n) is 14.4. The van der Waals surface area contributed by atoms with Crippen LogP contribution in [0.4, 0.5) is 10.1 Å². The molecule has 0 saturated carbocycles. The average molecular weight is 404 g/mol. The van der Waals surface area contributed by atoms with E-state index in [1.165, 1.54) is 34.8 Å². The quantitative estimate of drug-likeness (QED) is 0.569. The molecule has 0 aliphatic carbocycles. The molecule has 2 heterocycles. The smallest absolute Gasteiger partial charge is 0.313 e. The van der Waals surface area contributed by atoms with Gasteiger partial charge < -0.3 is 15.7 Å². The van der Waals surface area contributed by atoms with Crippen molar-refractivity contribution in [2.45, 2.75) is 19.6 Å². The minimum absolute atomic E-state index is 0.163. The van der Waals surface area contributed by atoms with E-state index in [-0.39, 0.29) is 12.2 Å². The summed E-state index contributed by atoms with van der Waals surface area (Å²) < 4.78 is 13.5. The number of aliphatic hydroxyl groups excluding tert-OH is 1. The van der Waals surface area contributed by atoms with E-state index < -0.39 is 23.7 Å². The molecule has 1 aromatic carbocycles. The molecule has 3 aromatic rings. The number of thiophene rings is 2. The molecular formula is C19H17FN2O3S2. The van der Waals surface area contributed by atoms with Gasteiger partial charge in [0.15, 0.2) is 0 Å². The Hall–Kier alpha value is -2.55. The van der Waals surface area contributed by atoms with Crippen molar-refractivity contribution in [3.05, 3.63) is 73.9 Å². The van der Waals surface area contributed by atoms with Gasteiger partial charge in [-0.05, 0) is 48.2 Å². The number of hydrogen-bond acceptors (Lipinski definition) is 5. The summed E-state index contributed by atoms with van der Waals surface area (Å²) in [7, 11) is 0. The Kier molecular flexibility index (Phi) is 6.00. The lowest BCUT2D eigenvalue weighted by atomic mass is 10.2. The van der Waals surface area contributed by atoms with Crippen LogP contribution in [0, 0.1) is 12.7 Å². The van der Waals surface area contributed by atoms with Gasteiger partial charge in [0, 0.05) is 20.3 Å². The summed E-state index contributed by atoms with van der Waals surface area (Å²) >= 11 is 2.83. The summed E-state index contributed by atoms with van der Waals surface area (Å²) in [5.41, 5.74) is 0.673. The van der Waals surface area contributed by atoms with Crippen molar-refractivity contribution in [3.8, 4) is 0 Å². The minimum Gasteiger partial charge on any atom is -0.382 e. The number of nitrogens with one attached hydrogen (secondary N) is 2. The fourth-order valence-electron chi connectivity index (χ4n) is 2.33. The summed E-state index contributed by atoms with van der Waals surface area (Å²) in [6.07, 6.45) is -0.695. The molecule has 1 atom stereocenters. The maximum Gasteiger partial charge on any atom is 0.313 e. The molecule has 140 valence electrons. The van der Waals surface area contributed by atoms with E-state index in [4.69, 9.17) is 0 Å². The first-order valence-electron chi connectivity index (χ1n) is 8.09. The van der Waals surface area contributed by atoms with Gasteiger partial charge >= 0.3 is 11.8 Å². The number of anilines is 1. The number of halogens is 1. The SMILES string of the molecule is Cc1ccc(NC(=O)C(=O)NCc2ccc(C(O)c3cccs3)s2)cc1F. The minimum atomic E-state index is -0.867. The highest BCUT2D eigenvalue weighted by Crippen LogP contribution is 2.30. The van der Waals surface area contributed by atoms with Gasteiger partial charge in [0.25, 0.3) is 0 Å². The van der Waals surface area contributed by atoms with Crippen LogP contribution in [-0.2, 0) is 16.1 Å². The van der Waals surface area contributed by atoms with E-state index in [0.717, 1.165) is 20.7 Å². The number of hydrogen-bond donors (Lipinski definition) is 3. The first kappa shape index (κ1) is 19.2. The molecule has 0 radical (unpaired) electrons. The number of aliphatic hydroxyl groups is 1. The van der Waals surface area contributed by atoms with Crippen molar-refractivity contribution in [1.29, 1.82) is 0 Å². The molecule has 3 N–H and O–H groups in total. The van der Waals surface area contributed by atoms with Gasteiger partial charge in [-0.15, -0.1) is 22.7 Å². The first-order valence-corrected chi connectivity index (χ1v) is 9.79. The topological polar surface area (TPSA) is 78.4 Å². The van der Waals surface area contributed by atoms with Gasteiger partial charge in [-0.1, -0.05) is 12.1 Å². The molecule has 0 saturated heterocycles. The molecule has 5 nitrogen and oxygen atoms in total. The zero-order valence-corrected chi connectivity index (χ0v) is 16.0. The third-order valence-electron chi connectivity index (χ3n) is 3.82. The summed E-state index contributed by atoms with van der Waals surface area (Å²) in [5, 5.41) is 17.1. The monoisotopic (exact) mass is 404 g/mol. The lowest BCUT2D eigenvalue weighted by Crippen LogP contribution is -2.34. The van der Waals surface area contributed by atoms with E-state index in [1.54, 1.807) is 19.1 Å². The van der Waals surface area contributed by atoms with Crippen molar-refractivity contribution >= 4 is 40.2 Å². The fourth-order valence-corrected chi connectivity index (χ4v) is 4.09. The van der Waals surface area contributed by atoms with E-state index in [0.29, 0.717) is 5.56 Å². The van der Waals surface area contributed by atoms with Crippen LogP contribution in [0.1, 0.15) is 26.3 Å². The molecule has 8 heteroatoms. The summed E-state index contributed by atoms with van der Waals surface area (Å²) in [5.74, 6) is -2.14. The molecular weight excluding hydrogens is 387 g/mol. The van der Waals surface area contributed by atoms with Crippen molar-refractivity contribution in [3.63, 3.8) is 0 Å². The molecule has 0 spiro atoms. The molecule has 1 unspecified atom stereocenters. The van der Waals surface area contributed by atoms with E-state index in [9.17, 15) is 19.1 Å². The summed E-state index contributed by atoms with van der Waals surface area (Å²) in [6, 6.07) is 11.5. The van der Waals surface area contributed by atoms with Gasteiger partial charge in [0.2, 0.25) is 0 Å². The number of rotatable bonds is 5. The Morgan fingerprint density at radius 3 is 2.67 bits per heavy atom. The number of carbonyl (C=O) groups excluding carboxylic acids is 2. The predicted octanol–water partition coefficient (Wildman–Crippen LogP) is 3.59. The second-order valence-corrected chi connectivity index (χ2v) is 8.00. The molecule has 0 aliphatic rings. The Bertz CT molecular complexity index is 954. The van der Waals surface area contributed by atoms with Crippen LogP contribution in [0.3, 0.4) is 0 Å². The van der Waals surface area contributed by atoms with Gasteiger partial charge in [-0.3, -0.25) is 9.59 Å². The maximum absolute atomic E-state index is 13.5. The second-order valence-electron chi connectivity index (χ2n) is 5.82. The fraction of sp³-hybridized carbons (Fsp3) is 0.158. The van der Waals surface area contributed by atoms with Crippen molar-refractivity contribution in [1.82, 2.24) is 5.32 Å². The van der Waals surface area contributed by atoms with Gasteiger partial charge in [-0.25, -0.2) is 4.39 Å². The van der Waals surface area contributed by atoms with Crippen LogP contribution in [-0.4, -0.2) is 16.9 Å². The average Bonchev–Trinajstić information content (AvgIpc) is 3.34. The third-order valence-corrected chi connectivity index (χ3v) is 5.89. The van der Waals surface area contributed by atoms with E-state index in [2.05, 4.69) is 10.6 Å². The van der Waals surface area contributed by atoms with Crippen LogP contribution in [0.15, 0.2) is 47.8 Å². The van der Waals surface area contributed by atoms with Crippen LogP contribution < -0.4 is 10.6 Å². The third kappa shape index (κ3) is 4.79. The highest BCUT2D eigenvalue weighted by atomic mass is 32.1. The zero-order chi connectivity index (χ0) is 19.4. The molecule has 3 rings (SSSR count). The molecule has 2 amide bonds. The van der Waals surface area contributed by atoms with E-state index >= 15 is 0 Å². The van der Waals surface area contributed by atoms with Crippen LogP contribution in [0.5, 0.6) is 0 Å². The van der Waals surface area contributed by atoms with E-state index in [1.807, 2.05) is 17.5 Å². The molecule has 0 bridgehead atoms. The Morgan fingerprint density at radius 1 is 1.15 bits per heavy atom. The lowest BCUT2D eigenvalue weighted by Gasteiger charge is -2.07. The van der Waals surface area contributed by atoms with Crippen LogP contribution in [0.25, 0.3) is 0 Å². The Labute approximate surface area is 163 Å². The normalized spacial score (nSPS) is 11.8. The van der Waals surface area contributed by atoms with Crippen LogP contribution in [0.2, 0.25) is 0 Å². The van der Waals surface area contributed by atoms with Crippen LogP contribution >= 0.6 is 22.7 Å². The Morgan fingerprint density at radius 2 is 1.96 bits per heavy atom. The van der Waals surface area contributed by atoms with Gasteiger partial charge in [0.05, 0.1) is 6.54 Å². The highest BCUT2D eigenvalue weighted by molar-refractivity contribution is 7.12. The molecule has 2 aromatic heterocycles. The van der Waals surface area contributed by atoms with Gasteiger partial charge in [-0.2, -0.15) is 0 Å². The molecule has 27 heavy (non-hydrogen) atoms. The maximum atomic E-state index is 13.5. The highest BCUT2D eigenvalue weighted by Gasteiger charge is 2.16. The number of benzene rings is 1. The van der Waals surface area contributed by atoms with Crippen molar-refractivity contribution in [2.24, 2.45) is 0 Å². The second kappa shape index (κ2) is 8.43. The summed E-state index contributed by atoms with van der Waals surface area (Å²) in [4.78, 5) is 26.3. The first-order chi connectivity index (χ1) is 12.9.